The molecule has 8 nitrogen and oxygen atoms in total. The number of benzene rings is 2. The number of allylic oxidation sites excluding steroid dienone is 1. The number of anilines is 1. The number of carbonyl (C=O) groups excluding carboxylic acids is 1. The van der Waals surface area contributed by atoms with Gasteiger partial charge in [-0.3, -0.25) is 4.79 Å². The molecule has 3 heterocycles. The second-order valence-corrected chi connectivity index (χ2v) is 12.4. The van der Waals surface area contributed by atoms with E-state index in [0.717, 1.165) is 65.5 Å². The number of aromatic nitrogens is 3. The number of nitrogen functional groups attached to an aromatic ring is 1. The highest BCUT2D eigenvalue weighted by Gasteiger charge is 2.33. The van der Waals surface area contributed by atoms with Crippen molar-refractivity contribution in [3.05, 3.63) is 92.7 Å². The van der Waals surface area contributed by atoms with Crippen LogP contribution in [0.2, 0.25) is 0 Å². The van der Waals surface area contributed by atoms with Gasteiger partial charge in [0, 0.05) is 37.2 Å². The molecule has 2 N–H and O–H groups in total. The number of halogens is 3. The zero-order valence-electron chi connectivity index (χ0n) is 24.0. The molecule has 1 saturated heterocycles. The summed E-state index contributed by atoms with van der Waals surface area (Å²) in [5.41, 5.74) is 10.4. The lowest BCUT2D eigenvalue weighted by Crippen LogP contribution is -2.39. The van der Waals surface area contributed by atoms with Crippen LogP contribution in [0.15, 0.2) is 58.8 Å². The van der Waals surface area contributed by atoms with E-state index in [1.54, 1.807) is 6.92 Å². The van der Waals surface area contributed by atoms with Gasteiger partial charge in [-0.05, 0) is 95.6 Å². The van der Waals surface area contributed by atoms with Gasteiger partial charge < -0.3 is 20.1 Å². The SMILES string of the molecule is Cc1cc(Oc2c(F)cccc2F)ncc1-n1ncc(C(=O)C2=Cc3cc(OC4CCN(C5CC5)CC4)c(Br)cc3C2)c1N. The van der Waals surface area contributed by atoms with Gasteiger partial charge in [0.1, 0.15) is 17.7 Å². The van der Waals surface area contributed by atoms with Crippen molar-refractivity contribution in [2.45, 2.75) is 51.2 Å². The third-order valence-electron chi connectivity index (χ3n) is 8.49. The highest BCUT2D eigenvalue weighted by molar-refractivity contribution is 9.10. The number of rotatable bonds is 8. The number of fused-ring (bicyclic) bond motifs is 1. The standard InChI is InChI=1S/C33H30BrF2N5O3/c1-18-11-30(44-32-26(35)3-2-4-27(32)36)38-17-28(18)41-33(37)24(16-39-41)31(42)21-12-19-14-25(34)29(15-20(19)13-21)43-23-7-9-40(10-8-23)22-5-6-22/h2-4,11,13-17,22-23H,5-10,12,37H2,1H3. The number of nitrogens with zero attached hydrogens (tertiary/aromatic N) is 4. The van der Waals surface area contributed by atoms with Gasteiger partial charge in [-0.1, -0.05) is 6.07 Å². The number of hydrogen-bond acceptors (Lipinski definition) is 7. The molecule has 1 saturated carbocycles. The molecule has 0 amide bonds. The summed E-state index contributed by atoms with van der Waals surface area (Å²) in [6.45, 7) is 3.91. The average Bonchev–Trinajstić information content (AvgIpc) is 3.67. The predicted molar refractivity (Wildman–Crippen MR) is 165 cm³/mol. The van der Waals surface area contributed by atoms with Crippen molar-refractivity contribution >= 4 is 33.6 Å². The van der Waals surface area contributed by atoms with Crippen molar-refractivity contribution in [3.63, 3.8) is 0 Å². The maximum absolute atomic E-state index is 14.0. The van der Waals surface area contributed by atoms with E-state index in [1.165, 1.54) is 42.0 Å². The second kappa shape index (κ2) is 11.4. The Kier molecular flexibility index (Phi) is 7.45. The topological polar surface area (TPSA) is 95.5 Å². The molecule has 44 heavy (non-hydrogen) atoms. The minimum Gasteiger partial charge on any atom is -0.489 e. The average molecular weight is 663 g/mol. The Hall–Kier alpha value is -4.09. The maximum Gasteiger partial charge on any atom is 0.219 e. The molecule has 0 unspecified atom stereocenters. The number of piperidine rings is 1. The van der Waals surface area contributed by atoms with E-state index in [9.17, 15) is 13.6 Å². The van der Waals surface area contributed by atoms with E-state index in [0.29, 0.717) is 23.2 Å². The quantitative estimate of drug-likeness (QED) is 0.207. The van der Waals surface area contributed by atoms with Gasteiger partial charge >= 0.3 is 0 Å². The molecule has 2 aliphatic carbocycles. The Morgan fingerprint density at radius 1 is 1.07 bits per heavy atom. The largest absolute Gasteiger partial charge is 0.489 e. The summed E-state index contributed by atoms with van der Waals surface area (Å²) >= 11 is 3.67. The number of carbonyl (C=O) groups is 1. The molecule has 11 heteroatoms. The fraction of sp³-hybridized carbons (Fsp3) is 0.303. The number of pyridine rings is 1. The maximum atomic E-state index is 14.0. The summed E-state index contributed by atoms with van der Waals surface area (Å²) < 4.78 is 42.1. The molecule has 226 valence electrons. The van der Waals surface area contributed by atoms with Gasteiger partial charge in [0.15, 0.2) is 17.4 Å². The summed E-state index contributed by atoms with van der Waals surface area (Å²) in [5.74, 6) is -1.47. The van der Waals surface area contributed by atoms with Gasteiger partial charge in [-0.2, -0.15) is 5.10 Å². The zero-order chi connectivity index (χ0) is 30.5. The number of hydrogen-bond donors (Lipinski definition) is 1. The summed E-state index contributed by atoms with van der Waals surface area (Å²) in [6, 6.07) is 9.80. The number of ketones is 1. The van der Waals surface area contributed by atoms with Gasteiger partial charge in [-0.15, -0.1) is 0 Å². The van der Waals surface area contributed by atoms with Crippen LogP contribution >= 0.6 is 15.9 Å². The Bertz CT molecular complexity index is 1790. The second-order valence-electron chi connectivity index (χ2n) is 11.6. The van der Waals surface area contributed by atoms with Crippen LogP contribution in [0.25, 0.3) is 11.8 Å². The van der Waals surface area contributed by atoms with Gasteiger partial charge in [-0.25, -0.2) is 18.4 Å². The van der Waals surface area contributed by atoms with Crippen LogP contribution < -0.4 is 15.2 Å². The fourth-order valence-electron chi connectivity index (χ4n) is 5.94. The van der Waals surface area contributed by atoms with E-state index in [1.807, 2.05) is 18.2 Å². The molecule has 0 atom stereocenters. The zero-order valence-corrected chi connectivity index (χ0v) is 25.6. The summed E-state index contributed by atoms with van der Waals surface area (Å²) in [4.78, 5) is 20.4. The normalized spacial score (nSPS) is 17.0. The van der Waals surface area contributed by atoms with E-state index in [4.69, 9.17) is 15.2 Å². The molecule has 0 radical (unpaired) electrons. The van der Waals surface area contributed by atoms with Crippen LogP contribution in [0.3, 0.4) is 0 Å². The number of aryl methyl sites for hydroxylation is 1. The molecule has 1 aliphatic heterocycles. The lowest BCUT2D eigenvalue weighted by Gasteiger charge is -2.32. The van der Waals surface area contributed by atoms with E-state index in [-0.39, 0.29) is 29.1 Å². The van der Waals surface area contributed by atoms with Crippen LogP contribution in [-0.4, -0.2) is 50.7 Å². The van der Waals surface area contributed by atoms with Gasteiger partial charge in [0.25, 0.3) is 0 Å². The molecule has 0 bridgehead atoms. The number of likely N-dealkylation sites (tertiary alicyclic amines) is 1. The van der Waals surface area contributed by atoms with E-state index in [2.05, 4.69) is 30.9 Å². The van der Waals surface area contributed by atoms with E-state index < -0.39 is 17.4 Å². The van der Waals surface area contributed by atoms with Crippen LogP contribution in [-0.2, 0) is 6.42 Å². The number of ether oxygens (including phenoxy) is 2. The van der Waals surface area contributed by atoms with Crippen LogP contribution in [0.4, 0.5) is 14.6 Å². The lowest BCUT2D eigenvalue weighted by atomic mass is 10.0. The first kappa shape index (κ1) is 28.7. The minimum atomic E-state index is -0.836. The predicted octanol–water partition coefficient (Wildman–Crippen LogP) is 6.82. The Morgan fingerprint density at radius 3 is 2.52 bits per heavy atom. The van der Waals surface area contributed by atoms with Crippen LogP contribution in [0, 0.1) is 18.6 Å². The Balaban J connectivity index is 1.06. The van der Waals surface area contributed by atoms with E-state index >= 15 is 0 Å². The summed E-state index contributed by atoms with van der Waals surface area (Å²) in [5, 5.41) is 4.36. The summed E-state index contributed by atoms with van der Waals surface area (Å²) in [6.07, 6.45) is 10.1. The molecule has 2 aromatic heterocycles. The smallest absolute Gasteiger partial charge is 0.219 e. The van der Waals surface area contributed by atoms with Crippen molar-refractivity contribution in [2.24, 2.45) is 0 Å². The Labute approximate surface area is 261 Å². The van der Waals surface area contributed by atoms with Gasteiger partial charge in [0.2, 0.25) is 11.6 Å². The van der Waals surface area contributed by atoms with Crippen molar-refractivity contribution in [3.8, 4) is 23.1 Å². The van der Waals surface area contributed by atoms with Crippen molar-refractivity contribution < 1.29 is 23.0 Å². The highest BCUT2D eigenvalue weighted by Crippen LogP contribution is 2.38. The lowest BCUT2D eigenvalue weighted by molar-refractivity contribution is 0.0959. The summed E-state index contributed by atoms with van der Waals surface area (Å²) in [7, 11) is 0. The monoisotopic (exact) mass is 661 g/mol. The third kappa shape index (κ3) is 5.50. The first-order chi connectivity index (χ1) is 21.2. The Morgan fingerprint density at radius 2 is 1.82 bits per heavy atom. The van der Waals surface area contributed by atoms with Crippen molar-refractivity contribution in [2.75, 3.05) is 18.8 Å². The minimum absolute atomic E-state index is 0.00406. The van der Waals surface area contributed by atoms with Crippen LogP contribution in [0.1, 0.15) is 52.7 Å². The molecule has 7 rings (SSSR count). The first-order valence-corrected chi connectivity index (χ1v) is 15.4. The highest BCUT2D eigenvalue weighted by atomic mass is 79.9. The number of para-hydroxylation sites is 1. The molecular formula is C33H30BrF2N5O3. The molecule has 2 aromatic carbocycles. The van der Waals surface area contributed by atoms with Crippen LogP contribution in [0.5, 0.6) is 17.4 Å². The van der Waals surface area contributed by atoms with Gasteiger partial charge in [0.05, 0.1) is 28.1 Å². The third-order valence-corrected chi connectivity index (χ3v) is 9.11. The molecule has 4 aromatic rings. The number of nitrogens with two attached hydrogens (primary N) is 1. The fourth-order valence-corrected chi connectivity index (χ4v) is 6.42. The molecule has 0 spiro atoms. The van der Waals surface area contributed by atoms with Crippen molar-refractivity contribution in [1.82, 2.24) is 19.7 Å². The first-order valence-electron chi connectivity index (χ1n) is 14.7. The van der Waals surface area contributed by atoms with Crippen molar-refractivity contribution in [1.29, 1.82) is 0 Å². The molecular weight excluding hydrogens is 632 g/mol. The molecule has 2 fully saturated rings. The molecule has 3 aliphatic rings. The number of Topliss-reactive ketones (excluding diaryl/α,β-unsaturated/α-hetero) is 1.